The molecule has 2 aromatic rings. The van der Waals surface area contributed by atoms with E-state index >= 15 is 0 Å². The quantitative estimate of drug-likeness (QED) is 0.592. The molecule has 0 spiro atoms. The Morgan fingerprint density at radius 2 is 1.92 bits per heavy atom. The maximum Gasteiger partial charge on any atom is 0.266 e. The molecule has 0 radical (unpaired) electrons. The fourth-order valence-electron chi connectivity index (χ4n) is 2.17. The standard InChI is InChI=1S/C20H19ClN2O3/c1-13(2)26-19-9-4-16(21)11-14(19)10-15(12-22)20(24)23-17-5-7-18(25-3)8-6-17/h4-11,13H,1-3H3,(H,23,24)/b15-10+. The van der Waals surface area contributed by atoms with Crippen molar-refractivity contribution in [3.05, 3.63) is 58.6 Å². The maximum atomic E-state index is 12.4. The SMILES string of the molecule is COc1ccc(NC(=O)/C(C#N)=C/c2cc(Cl)ccc2OC(C)C)cc1. The molecule has 134 valence electrons. The summed E-state index contributed by atoms with van der Waals surface area (Å²) in [6.45, 7) is 3.79. The zero-order valence-corrected chi connectivity index (χ0v) is 15.5. The van der Waals surface area contributed by atoms with Crippen molar-refractivity contribution in [1.29, 1.82) is 5.26 Å². The van der Waals surface area contributed by atoms with Crippen LogP contribution < -0.4 is 14.8 Å². The second-order valence-electron chi connectivity index (χ2n) is 5.70. The molecule has 2 aromatic carbocycles. The van der Waals surface area contributed by atoms with Crippen LogP contribution in [0.3, 0.4) is 0 Å². The molecule has 0 saturated carbocycles. The predicted molar refractivity (Wildman–Crippen MR) is 102 cm³/mol. The van der Waals surface area contributed by atoms with E-state index in [-0.39, 0.29) is 11.7 Å². The summed E-state index contributed by atoms with van der Waals surface area (Å²) in [4.78, 5) is 12.4. The highest BCUT2D eigenvalue weighted by atomic mass is 35.5. The van der Waals surface area contributed by atoms with Crippen LogP contribution in [0.25, 0.3) is 6.08 Å². The number of ether oxygens (including phenoxy) is 2. The maximum absolute atomic E-state index is 12.4. The summed E-state index contributed by atoms with van der Waals surface area (Å²) < 4.78 is 10.8. The van der Waals surface area contributed by atoms with Gasteiger partial charge < -0.3 is 14.8 Å². The lowest BCUT2D eigenvalue weighted by Crippen LogP contribution is -2.13. The molecule has 0 aromatic heterocycles. The van der Waals surface area contributed by atoms with Crippen LogP contribution in [-0.2, 0) is 4.79 Å². The van der Waals surface area contributed by atoms with Gasteiger partial charge in [-0.05, 0) is 62.4 Å². The van der Waals surface area contributed by atoms with Gasteiger partial charge in [-0.3, -0.25) is 4.79 Å². The van der Waals surface area contributed by atoms with Gasteiger partial charge >= 0.3 is 0 Å². The molecular weight excluding hydrogens is 352 g/mol. The minimum Gasteiger partial charge on any atom is -0.497 e. The van der Waals surface area contributed by atoms with Crippen molar-refractivity contribution in [2.45, 2.75) is 20.0 Å². The van der Waals surface area contributed by atoms with Crippen molar-refractivity contribution in [1.82, 2.24) is 0 Å². The summed E-state index contributed by atoms with van der Waals surface area (Å²) >= 11 is 6.04. The van der Waals surface area contributed by atoms with Gasteiger partial charge in [0.25, 0.3) is 5.91 Å². The molecule has 0 heterocycles. The molecule has 0 atom stereocenters. The average Bonchev–Trinajstić information content (AvgIpc) is 2.62. The van der Waals surface area contributed by atoms with Gasteiger partial charge in [0.1, 0.15) is 23.1 Å². The molecule has 0 unspecified atom stereocenters. The van der Waals surface area contributed by atoms with E-state index in [1.54, 1.807) is 49.6 Å². The molecule has 26 heavy (non-hydrogen) atoms. The van der Waals surface area contributed by atoms with Crippen molar-refractivity contribution in [3.8, 4) is 17.6 Å². The first-order valence-corrected chi connectivity index (χ1v) is 8.34. The summed E-state index contributed by atoms with van der Waals surface area (Å²) in [5.74, 6) is 0.705. The molecule has 0 saturated heterocycles. The third-order valence-corrected chi connectivity index (χ3v) is 3.58. The van der Waals surface area contributed by atoms with Gasteiger partial charge in [-0.2, -0.15) is 5.26 Å². The third-order valence-electron chi connectivity index (χ3n) is 3.35. The monoisotopic (exact) mass is 370 g/mol. The Kier molecular flexibility index (Phi) is 6.65. The number of amides is 1. The minimum absolute atomic E-state index is 0.0537. The number of hydrogen-bond acceptors (Lipinski definition) is 4. The second kappa shape index (κ2) is 8.93. The first-order chi connectivity index (χ1) is 12.4. The van der Waals surface area contributed by atoms with Gasteiger partial charge in [-0.15, -0.1) is 0 Å². The highest BCUT2D eigenvalue weighted by Crippen LogP contribution is 2.26. The molecule has 1 N–H and O–H groups in total. The number of methoxy groups -OCH3 is 1. The fourth-order valence-corrected chi connectivity index (χ4v) is 2.35. The van der Waals surface area contributed by atoms with Gasteiger partial charge in [0.05, 0.1) is 13.2 Å². The largest absolute Gasteiger partial charge is 0.497 e. The highest BCUT2D eigenvalue weighted by Gasteiger charge is 2.12. The van der Waals surface area contributed by atoms with Crippen LogP contribution in [0.2, 0.25) is 5.02 Å². The topological polar surface area (TPSA) is 71.3 Å². The van der Waals surface area contributed by atoms with Crippen LogP contribution >= 0.6 is 11.6 Å². The number of halogens is 1. The van der Waals surface area contributed by atoms with E-state index < -0.39 is 5.91 Å². The Morgan fingerprint density at radius 1 is 1.23 bits per heavy atom. The van der Waals surface area contributed by atoms with Crippen LogP contribution in [0.5, 0.6) is 11.5 Å². The van der Waals surface area contributed by atoms with E-state index in [2.05, 4.69) is 5.32 Å². The number of nitrogens with zero attached hydrogens (tertiary/aromatic N) is 1. The number of rotatable bonds is 6. The molecule has 1 amide bonds. The number of benzene rings is 2. The Bertz CT molecular complexity index is 852. The van der Waals surface area contributed by atoms with Crippen LogP contribution in [0.1, 0.15) is 19.4 Å². The molecule has 0 aliphatic heterocycles. The van der Waals surface area contributed by atoms with Crippen LogP contribution in [-0.4, -0.2) is 19.1 Å². The number of nitrogens with one attached hydrogen (secondary N) is 1. The molecule has 0 fully saturated rings. The first kappa shape index (κ1) is 19.4. The molecular formula is C20H19ClN2O3. The van der Waals surface area contributed by atoms with Crippen molar-refractivity contribution >= 4 is 29.3 Å². The van der Waals surface area contributed by atoms with Crippen molar-refractivity contribution in [2.75, 3.05) is 12.4 Å². The smallest absolute Gasteiger partial charge is 0.266 e. The van der Waals surface area contributed by atoms with Crippen molar-refractivity contribution in [2.24, 2.45) is 0 Å². The lowest BCUT2D eigenvalue weighted by molar-refractivity contribution is -0.112. The number of carbonyl (C=O) groups excluding carboxylic acids is 1. The van der Waals surface area contributed by atoms with Crippen LogP contribution in [0.15, 0.2) is 48.0 Å². The first-order valence-electron chi connectivity index (χ1n) is 7.96. The van der Waals surface area contributed by atoms with Gasteiger partial charge in [-0.1, -0.05) is 11.6 Å². The van der Waals surface area contributed by atoms with E-state index in [9.17, 15) is 10.1 Å². The number of hydrogen-bond donors (Lipinski definition) is 1. The number of anilines is 1. The van der Waals surface area contributed by atoms with Gasteiger partial charge in [0.15, 0.2) is 0 Å². The Hall–Kier alpha value is -2.97. The summed E-state index contributed by atoms with van der Waals surface area (Å²) in [5, 5.41) is 12.6. The van der Waals surface area contributed by atoms with Gasteiger partial charge in [0, 0.05) is 16.3 Å². The van der Waals surface area contributed by atoms with Crippen molar-refractivity contribution < 1.29 is 14.3 Å². The molecule has 6 heteroatoms. The van der Waals surface area contributed by atoms with Crippen LogP contribution in [0, 0.1) is 11.3 Å². The van der Waals surface area contributed by atoms with E-state index in [1.165, 1.54) is 6.08 Å². The van der Waals surface area contributed by atoms with E-state index in [4.69, 9.17) is 21.1 Å². The zero-order chi connectivity index (χ0) is 19.1. The Labute approximate surface area is 157 Å². The van der Waals surface area contributed by atoms with E-state index in [1.807, 2.05) is 19.9 Å². The molecule has 0 bridgehead atoms. The molecule has 0 aliphatic carbocycles. The van der Waals surface area contributed by atoms with E-state index in [0.717, 1.165) is 0 Å². The summed E-state index contributed by atoms with van der Waals surface area (Å²) in [7, 11) is 1.56. The lowest BCUT2D eigenvalue weighted by Gasteiger charge is -2.13. The Morgan fingerprint density at radius 3 is 2.50 bits per heavy atom. The number of carbonyl (C=O) groups is 1. The predicted octanol–water partition coefficient (Wildman–Crippen LogP) is 4.68. The number of nitriles is 1. The van der Waals surface area contributed by atoms with E-state index in [0.29, 0.717) is 27.8 Å². The normalized spacial score (nSPS) is 11.0. The fraction of sp³-hybridized carbons (Fsp3) is 0.200. The molecule has 5 nitrogen and oxygen atoms in total. The third kappa shape index (κ3) is 5.27. The Balaban J connectivity index is 2.27. The lowest BCUT2D eigenvalue weighted by atomic mass is 10.1. The summed E-state index contributed by atoms with van der Waals surface area (Å²) in [6, 6.07) is 13.8. The van der Waals surface area contributed by atoms with Crippen molar-refractivity contribution in [3.63, 3.8) is 0 Å². The minimum atomic E-state index is -0.520. The average molecular weight is 371 g/mol. The summed E-state index contributed by atoms with van der Waals surface area (Å²) in [6.07, 6.45) is 1.41. The van der Waals surface area contributed by atoms with Gasteiger partial charge in [-0.25, -0.2) is 0 Å². The summed E-state index contributed by atoms with van der Waals surface area (Å²) in [5.41, 5.74) is 1.06. The highest BCUT2D eigenvalue weighted by molar-refractivity contribution is 6.30. The zero-order valence-electron chi connectivity index (χ0n) is 14.7. The molecule has 2 rings (SSSR count). The molecule has 0 aliphatic rings. The second-order valence-corrected chi connectivity index (χ2v) is 6.14. The van der Waals surface area contributed by atoms with Gasteiger partial charge in [0.2, 0.25) is 0 Å². The van der Waals surface area contributed by atoms with Crippen LogP contribution in [0.4, 0.5) is 5.69 Å².